The molecule has 0 aliphatic heterocycles. The average molecular weight is 288 g/mol. The van der Waals surface area contributed by atoms with Crippen molar-refractivity contribution in [3.05, 3.63) is 18.2 Å². The van der Waals surface area contributed by atoms with Gasteiger partial charge in [0.25, 0.3) is 0 Å². The number of aromatic amines is 1. The van der Waals surface area contributed by atoms with Gasteiger partial charge in [-0.3, -0.25) is 0 Å². The zero-order valence-electron chi connectivity index (χ0n) is 11.5. The van der Waals surface area contributed by atoms with Gasteiger partial charge in [0.15, 0.2) is 0 Å². The van der Waals surface area contributed by atoms with Gasteiger partial charge in [-0.1, -0.05) is 6.92 Å². The molecule has 6 nitrogen and oxygen atoms in total. The molecule has 0 bridgehead atoms. The summed E-state index contributed by atoms with van der Waals surface area (Å²) >= 11 is 0. The zero-order valence-corrected chi connectivity index (χ0v) is 12.3. The molecule has 0 aromatic carbocycles. The Morgan fingerprint density at radius 1 is 1.26 bits per heavy atom. The Balaban J connectivity index is 2.07. The molecule has 0 aliphatic rings. The van der Waals surface area contributed by atoms with Crippen molar-refractivity contribution in [1.82, 2.24) is 20.0 Å². The first-order chi connectivity index (χ1) is 9.14. The summed E-state index contributed by atoms with van der Waals surface area (Å²) in [5.41, 5.74) is 0. The molecule has 0 spiro atoms. The average Bonchev–Trinajstić information content (AvgIpc) is 2.86. The van der Waals surface area contributed by atoms with Crippen LogP contribution in [0.15, 0.2) is 12.4 Å². The molecule has 1 heterocycles. The van der Waals surface area contributed by atoms with Gasteiger partial charge in [-0.25, -0.2) is 18.1 Å². The van der Waals surface area contributed by atoms with Gasteiger partial charge in [-0.15, -0.1) is 0 Å². The Morgan fingerprint density at radius 3 is 2.79 bits per heavy atom. The van der Waals surface area contributed by atoms with E-state index >= 15 is 0 Å². The highest BCUT2D eigenvalue weighted by Crippen LogP contribution is 1.95. The van der Waals surface area contributed by atoms with Gasteiger partial charge in [-0.05, 0) is 32.4 Å². The molecule has 1 rings (SSSR count). The minimum absolute atomic E-state index is 0.193. The second-order valence-electron chi connectivity index (χ2n) is 4.46. The number of aromatic nitrogens is 2. The molecule has 0 aliphatic carbocycles. The van der Waals surface area contributed by atoms with Gasteiger partial charge in [0.2, 0.25) is 10.0 Å². The van der Waals surface area contributed by atoms with Gasteiger partial charge < -0.3 is 10.3 Å². The van der Waals surface area contributed by atoms with E-state index in [9.17, 15) is 8.42 Å². The van der Waals surface area contributed by atoms with Gasteiger partial charge in [0.05, 0.1) is 5.75 Å². The van der Waals surface area contributed by atoms with Crippen LogP contribution in [0, 0.1) is 0 Å². The number of nitrogens with zero attached hydrogens (tertiary/aromatic N) is 1. The molecular weight excluding hydrogens is 264 g/mol. The van der Waals surface area contributed by atoms with E-state index in [1.54, 1.807) is 12.4 Å². The first kappa shape index (κ1) is 16.1. The lowest BCUT2D eigenvalue weighted by Gasteiger charge is -2.06. The Morgan fingerprint density at radius 2 is 2.11 bits per heavy atom. The van der Waals surface area contributed by atoms with Gasteiger partial charge in [0.1, 0.15) is 5.82 Å². The molecule has 1 aromatic rings. The number of unbranched alkanes of at least 4 members (excludes halogenated alkanes) is 1. The Bertz CT molecular complexity index is 417. The molecule has 110 valence electrons. The molecule has 0 saturated carbocycles. The van der Waals surface area contributed by atoms with E-state index in [2.05, 4.69) is 26.9 Å². The Kier molecular flexibility index (Phi) is 7.69. The number of sulfonamides is 1. The quantitative estimate of drug-likeness (QED) is 0.522. The number of nitrogens with one attached hydrogen (secondary N) is 3. The molecule has 1 aromatic heterocycles. The molecular formula is C12H24N4O2S. The van der Waals surface area contributed by atoms with E-state index in [0.29, 0.717) is 19.4 Å². The monoisotopic (exact) mass is 288 g/mol. The van der Waals surface area contributed by atoms with E-state index < -0.39 is 10.0 Å². The highest BCUT2D eigenvalue weighted by atomic mass is 32.2. The number of hydrogen-bond donors (Lipinski definition) is 3. The maximum absolute atomic E-state index is 11.7. The number of H-pyrrole nitrogens is 1. The predicted molar refractivity (Wildman–Crippen MR) is 76.5 cm³/mol. The normalized spacial score (nSPS) is 11.8. The van der Waals surface area contributed by atoms with Crippen molar-refractivity contribution in [2.24, 2.45) is 0 Å². The second kappa shape index (κ2) is 9.06. The van der Waals surface area contributed by atoms with Crippen LogP contribution in [0.5, 0.6) is 0 Å². The number of rotatable bonds is 11. The third-order valence-electron chi connectivity index (χ3n) is 2.68. The van der Waals surface area contributed by atoms with Crippen molar-refractivity contribution >= 4 is 10.0 Å². The second-order valence-corrected chi connectivity index (χ2v) is 6.38. The third kappa shape index (κ3) is 7.97. The first-order valence-electron chi connectivity index (χ1n) is 6.80. The number of imidazole rings is 1. The van der Waals surface area contributed by atoms with E-state index in [1.807, 2.05) is 0 Å². The predicted octanol–water partition coefficient (Wildman–Crippen LogP) is 0.651. The van der Waals surface area contributed by atoms with Crippen molar-refractivity contribution in [3.8, 4) is 0 Å². The third-order valence-corrected chi connectivity index (χ3v) is 4.15. The van der Waals surface area contributed by atoms with Crippen LogP contribution >= 0.6 is 0 Å². The summed E-state index contributed by atoms with van der Waals surface area (Å²) in [5, 5.41) is 3.26. The Hall–Kier alpha value is -0.920. The summed E-state index contributed by atoms with van der Waals surface area (Å²) in [6.07, 6.45) is 6.66. The van der Waals surface area contributed by atoms with Gasteiger partial charge in [0, 0.05) is 25.4 Å². The maximum atomic E-state index is 11.7. The molecule has 3 N–H and O–H groups in total. The fraction of sp³-hybridized carbons (Fsp3) is 0.750. The summed E-state index contributed by atoms with van der Waals surface area (Å²) in [6, 6.07) is 0. The molecule has 0 saturated heterocycles. The topological polar surface area (TPSA) is 86.9 Å². The van der Waals surface area contributed by atoms with Crippen molar-refractivity contribution in [3.63, 3.8) is 0 Å². The summed E-state index contributed by atoms with van der Waals surface area (Å²) in [5.74, 6) is 0.991. The molecule has 0 radical (unpaired) electrons. The molecule has 0 unspecified atom stereocenters. The minimum Gasteiger partial charge on any atom is -0.349 e. The van der Waals surface area contributed by atoms with Crippen molar-refractivity contribution in [2.75, 3.05) is 25.4 Å². The highest BCUT2D eigenvalue weighted by Gasteiger charge is 2.09. The lowest BCUT2D eigenvalue weighted by molar-refractivity contribution is 0.572. The summed E-state index contributed by atoms with van der Waals surface area (Å²) in [6.45, 7) is 4.38. The lowest BCUT2D eigenvalue weighted by atomic mass is 10.3. The van der Waals surface area contributed by atoms with Crippen molar-refractivity contribution in [2.45, 2.75) is 32.6 Å². The molecule has 7 heteroatoms. The SMILES string of the molecule is CCCNCCCCS(=O)(=O)NCCc1ncc[nH]1. The first-order valence-corrected chi connectivity index (χ1v) is 8.45. The lowest BCUT2D eigenvalue weighted by Crippen LogP contribution is -2.29. The standard InChI is InChI=1S/C12H24N4O2S/c1-2-6-13-7-3-4-11-19(17,18)16-8-5-12-14-9-10-15-12/h9-10,13,16H,2-8,11H2,1H3,(H,14,15). The van der Waals surface area contributed by atoms with Crippen LogP contribution in [0.4, 0.5) is 0 Å². The number of hydrogen-bond acceptors (Lipinski definition) is 4. The van der Waals surface area contributed by atoms with Crippen LogP contribution in [0.25, 0.3) is 0 Å². The van der Waals surface area contributed by atoms with Crippen LogP contribution in [0.3, 0.4) is 0 Å². The van der Waals surface area contributed by atoms with Crippen molar-refractivity contribution in [1.29, 1.82) is 0 Å². The van der Waals surface area contributed by atoms with Crippen LogP contribution in [-0.4, -0.2) is 43.8 Å². The Labute approximate surface area is 115 Å². The summed E-state index contributed by atoms with van der Waals surface area (Å²) in [4.78, 5) is 6.98. The van der Waals surface area contributed by atoms with Gasteiger partial charge in [-0.2, -0.15) is 0 Å². The molecule has 0 fully saturated rings. The van der Waals surface area contributed by atoms with E-state index in [1.165, 1.54) is 0 Å². The van der Waals surface area contributed by atoms with E-state index in [4.69, 9.17) is 0 Å². The zero-order chi connectivity index (χ0) is 14.0. The van der Waals surface area contributed by atoms with Crippen LogP contribution < -0.4 is 10.0 Å². The highest BCUT2D eigenvalue weighted by molar-refractivity contribution is 7.89. The minimum atomic E-state index is -3.15. The summed E-state index contributed by atoms with van der Waals surface area (Å²) in [7, 11) is -3.15. The van der Waals surface area contributed by atoms with Gasteiger partial charge >= 0.3 is 0 Å². The maximum Gasteiger partial charge on any atom is 0.211 e. The van der Waals surface area contributed by atoms with Crippen LogP contribution in [0.1, 0.15) is 32.0 Å². The largest absolute Gasteiger partial charge is 0.349 e. The fourth-order valence-electron chi connectivity index (χ4n) is 1.68. The van der Waals surface area contributed by atoms with Crippen LogP contribution in [-0.2, 0) is 16.4 Å². The fourth-order valence-corrected chi connectivity index (χ4v) is 2.82. The van der Waals surface area contributed by atoms with E-state index in [-0.39, 0.29) is 5.75 Å². The van der Waals surface area contributed by atoms with Crippen LogP contribution in [0.2, 0.25) is 0 Å². The van der Waals surface area contributed by atoms with E-state index in [0.717, 1.165) is 31.8 Å². The smallest absolute Gasteiger partial charge is 0.211 e. The molecule has 0 amide bonds. The van der Waals surface area contributed by atoms with Crippen molar-refractivity contribution < 1.29 is 8.42 Å². The summed E-state index contributed by atoms with van der Waals surface area (Å²) < 4.78 is 26.0. The molecule has 19 heavy (non-hydrogen) atoms. The molecule has 0 atom stereocenters.